The van der Waals surface area contributed by atoms with E-state index in [1.54, 1.807) is 23.5 Å². The van der Waals surface area contributed by atoms with Gasteiger partial charge in [0.2, 0.25) is 0 Å². The summed E-state index contributed by atoms with van der Waals surface area (Å²) < 4.78 is 1.14. The molecule has 2 nitrogen and oxygen atoms in total. The molecule has 0 bridgehead atoms. The lowest BCUT2D eigenvalue weighted by atomic mass is 10.1. The Balaban J connectivity index is 1.93. The summed E-state index contributed by atoms with van der Waals surface area (Å²) in [6, 6.07) is 9.72. The minimum absolute atomic E-state index is 0.275. The molecule has 2 N–H and O–H groups in total. The Morgan fingerprint density at radius 2 is 2.06 bits per heavy atom. The predicted octanol–water partition coefficient (Wildman–Crippen LogP) is 4.07. The zero-order valence-electron chi connectivity index (χ0n) is 9.48. The van der Waals surface area contributed by atoms with Crippen LogP contribution in [0.2, 0.25) is 0 Å². The van der Waals surface area contributed by atoms with Gasteiger partial charge in [0.05, 0.1) is 0 Å². The van der Waals surface area contributed by atoms with Crippen molar-refractivity contribution < 1.29 is 5.11 Å². The number of benzene rings is 1. The van der Waals surface area contributed by atoms with Crippen LogP contribution in [0.1, 0.15) is 23.4 Å². The van der Waals surface area contributed by atoms with Gasteiger partial charge in [0.15, 0.2) is 0 Å². The molecular weight excluding hydrogens is 298 g/mol. The molecule has 0 aliphatic rings. The van der Waals surface area contributed by atoms with Crippen molar-refractivity contribution in [3.05, 3.63) is 50.6 Å². The van der Waals surface area contributed by atoms with Gasteiger partial charge in [-0.25, -0.2) is 0 Å². The molecular formula is C13H14BrNOS. The summed E-state index contributed by atoms with van der Waals surface area (Å²) in [6.45, 7) is 2.98. The van der Waals surface area contributed by atoms with Gasteiger partial charge in [0.1, 0.15) is 5.75 Å². The van der Waals surface area contributed by atoms with Crippen LogP contribution in [0.3, 0.4) is 0 Å². The fourth-order valence-electron chi connectivity index (χ4n) is 1.58. The summed E-state index contributed by atoms with van der Waals surface area (Å²) in [5.41, 5.74) is 1.18. The average Bonchev–Trinajstić information content (AvgIpc) is 2.73. The second-order valence-electron chi connectivity index (χ2n) is 3.93. The van der Waals surface area contributed by atoms with Crippen molar-refractivity contribution >= 4 is 27.3 Å². The van der Waals surface area contributed by atoms with Crippen molar-refractivity contribution in [2.45, 2.75) is 19.5 Å². The number of aromatic hydroxyl groups is 1. The van der Waals surface area contributed by atoms with Crippen molar-refractivity contribution in [3.63, 3.8) is 0 Å². The van der Waals surface area contributed by atoms with E-state index in [2.05, 4.69) is 39.6 Å². The fraction of sp³-hybridized carbons (Fsp3) is 0.231. The van der Waals surface area contributed by atoms with E-state index in [4.69, 9.17) is 0 Å². The molecule has 1 atom stereocenters. The lowest BCUT2D eigenvalue weighted by Crippen LogP contribution is -2.17. The second kappa shape index (κ2) is 5.67. The lowest BCUT2D eigenvalue weighted by molar-refractivity contribution is 0.474. The average molecular weight is 312 g/mol. The third-order valence-corrected chi connectivity index (χ3v) is 4.29. The van der Waals surface area contributed by atoms with E-state index in [0.717, 1.165) is 11.0 Å². The van der Waals surface area contributed by atoms with Crippen molar-refractivity contribution in [3.8, 4) is 5.75 Å². The first-order valence-corrected chi connectivity index (χ1v) is 7.07. The molecule has 0 radical (unpaired) electrons. The van der Waals surface area contributed by atoms with Crippen molar-refractivity contribution in [1.82, 2.24) is 5.32 Å². The molecule has 0 spiro atoms. The second-order valence-corrected chi connectivity index (χ2v) is 5.84. The summed E-state index contributed by atoms with van der Waals surface area (Å²) in [6.07, 6.45) is 0. The first-order valence-electron chi connectivity index (χ1n) is 5.40. The Labute approximate surface area is 113 Å². The zero-order valence-corrected chi connectivity index (χ0v) is 11.9. The molecule has 4 heteroatoms. The minimum atomic E-state index is 0.275. The van der Waals surface area contributed by atoms with E-state index in [9.17, 15) is 5.11 Å². The van der Waals surface area contributed by atoms with Crippen LogP contribution in [0.5, 0.6) is 5.75 Å². The highest BCUT2D eigenvalue weighted by Gasteiger charge is 2.05. The largest absolute Gasteiger partial charge is 0.508 e. The third kappa shape index (κ3) is 3.56. The van der Waals surface area contributed by atoms with Gasteiger partial charge in [-0.2, -0.15) is 0 Å². The van der Waals surface area contributed by atoms with Crippen LogP contribution < -0.4 is 5.32 Å². The number of rotatable bonds is 4. The Kier molecular flexibility index (Phi) is 4.20. The minimum Gasteiger partial charge on any atom is -0.508 e. The van der Waals surface area contributed by atoms with Gasteiger partial charge in [0.25, 0.3) is 0 Å². The lowest BCUT2D eigenvalue weighted by Gasteiger charge is -2.13. The maximum absolute atomic E-state index is 9.23. The summed E-state index contributed by atoms with van der Waals surface area (Å²) in [7, 11) is 0. The number of phenolic OH excluding ortho intramolecular Hbond substituents is 1. The van der Waals surface area contributed by atoms with Crippen LogP contribution in [0, 0.1) is 0 Å². The van der Waals surface area contributed by atoms with Gasteiger partial charge >= 0.3 is 0 Å². The molecule has 17 heavy (non-hydrogen) atoms. The Bertz CT molecular complexity index is 480. The van der Waals surface area contributed by atoms with E-state index in [0.29, 0.717) is 5.75 Å². The summed E-state index contributed by atoms with van der Waals surface area (Å²) >= 11 is 5.19. The van der Waals surface area contributed by atoms with Gasteiger partial charge < -0.3 is 10.4 Å². The molecule has 0 fully saturated rings. The highest BCUT2D eigenvalue weighted by molar-refractivity contribution is 9.10. The SMILES string of the molecule is CC(NCc1cc(Br)cs1)c1ccc(O)cc1. The number of hydrogen-bond acceptors (Lipinski definition) is 3. The van der Waals surface area contributed by atoms with Crippen molar-refractivity contribution in [1.29, 1.82) is 0 Å². The molecule has 2 rings (SSSR count). The summed E-state index contributed by atoms with van der Waals surface area (Å²) in [5, 5.41) is 14.8. The van der Waals surface area contributed by atoms with E-state index in [1.165, 1.54) is 10.4 Å². The van der Waals surface area contributed by atoms with Crippen molar-refractivity contribution in [2.24, 2.45) is 0 Å². The monoisotopic (exact) mass is 311 g/mol. The molecule has 90 valence electrons. The normalized spacial score (nSPS) is 12.6. The maximum atomic E-state index is 9.23. The molecule has 0 saturated carbocycles. The Morgan fingerprint density at radius 3 is 2.65 bits per heavy atom. The number of halogens is 1. The Morgan fingerprint density at radius 1 is 1.35 bits per heavy atom. The molecule has 1 unspecified atom stereocenters. The number of thiophene rings is 1. The highest BCUT2D eigenvalue weighted by atomic mass is 79.9. The van der Waals surface area contributed by atoms with Crippen LogP contribution in [-0.2, 0) is 6.54 Å². The smallest absolute Gasteiger partial charge is 0.115 e. The Hall–Kier alpha value is -0.840. The van der Waals surface area contributed by atoms with Gasteiger partial charge in [-0.15, -0.1) is 11.3 Å². The summed E-state index contributed by atoms with van der Waals surface area (Å²) in [4.78, 5) is 1.31. The van der Waals surface area contributed by atoms with E-state index < -0.39 is 0 Å². The third-order valence-electron chi connectivity index (χ3n) is 2.60. The summed E-state index contributed by atoms with van der Waals surface area (Å²) in [5.74, 6) is 0.308. The standard InChI is InChI=1S/C13H14BrNOS/c1-9(10-2-4-12(16)5-3-10)15-7-13-6-11(14)8-17-13/h2-6,8-9,15-16H,7H2,1H3. The van der Waals surface area contributed by atoms with Gasteiger partial charge in [-0.3, -0.25) is 0 Å². The van der Waals surface area contributed by atoms with E-state index >= 15 is 0 Å². The zero-order chi connectivity index (χ0) is 12.3. The predicted molar refractivity (Wildman–Crippen MR) is 75.4 cm³/mol. The van der Waals surface area contributed by atoms with Crippen LogP contribution >= 0.6 is 27.3 Å². The molecule has 1 aromatic heterocycles. The molecule has 0 amide bonds. The van der Waals surface area contributed by atoms with Crippen LogP contribution in [0.4, 0.5) is 0 Å². The molecule has 1 heterocycles. The first-order chi connectivity index (χ1) is 8.15. The fourth-order valence-corrected chi connectivity index (χ4v) is 2.98. The number of nitrogens with one attached hydrogen (secondary N) is 1. The molecule has 0 aliphatic carbocycles. The van der Waals surface area contributed by atoms with Crippen molar-refractivity contribution in [2.75, 3.05) is 0 Å². The van der Waals surface area contributed by atoms with Crippen LogP contribution in [0.15, 0.2) is 40.2 Å². The van der Waals surface area contributed by atoms with Gasteiger partial charge in [-0.05, 0) is 46.6 Å². The first kappa shape index (κ1) is 12.6. The van der Waals surface area contributed by atoms with E-state index in [1.807, 2.05) is 12.1 Å². The molecule has 1 aromatic carbocycles. The van der Waals surface area contributed by atoms with Crippen LogP contribution in [-0.4, -0.2) is 5.11 Å². The van der Waals surface area contributed by atoms with Gasteiger partial charge in [-0.1, -0.05) is 12.1 Å². The molecule has 0 aliphatic heterocycles. The van der Waals surface area contributed by atoms with E-state index in [-0.39, 0.29) is 6.04 Å². The number of hydrogen-bond donors (Lipinski definition) is 2. The van der Waals surface area contributed by atoms with Gasteiger partial charge in [0, 0.05) is 27.3 Å². The maximum Gasteiger partial charge on any atom is 0.115 e. The van der Waals surface area contributed by atoms with Crippen LogP contribution in [0.25, 0.3) is 0 Å². The molecule has 0 saturated heterocycles. The quantitative estimate of drug-likeness (QED) is 0.892. The highest BCUT2D eigenvalue weighted by Crippen LogP contribution is 2.21. The topological polar surface area (TPSA) is 32.3 Å². The molecule has 2 aromatic rings. The number of phenols is 1.